The minimum atomic E-state index is -4.29. The SMILES string of the molecule is CC(C)C1CCCC(N)(c2ccc(C(F)(F)F)cc2)CC1. The monoisotopic (exact) mass is 299 g/mol. The zero-order chi connectivity index (χ0) is 15.7. The van der Waals surface area contributed by atoms with E-state index >= 15 is 0 Å². The van der Waals surface area contributed by atoms with Gasteiger partial charge in [0.2, 0.25) is 0 Å². The molecule has 1 fully saturated rings. The highest BCUT2D eigenvalue weighted by Crippen LogP contribution is 2.39. The Balaban J connectivity index is 2.16. The van der Waals surface area contributed by atoms with Crippen molar-refractivity contribution in [1.82, 2.24) is 0 Å². The molecular weight excluding hydrogens is 275 g/mol. The summed E-state index contributed by atoms with van der Waals surface area (Å²) in [5.41, 5.74) is 6.27. The molecule has 2 N–H and O–H groups in total. The number of benzene rings is 1. The molecule has 1 aromatic rings. The quantitative estimate of drug-likeness (QED) is 0.756. The van der Waals surface area contributed by atoms with Gasteiger partial charge in [0, 0.05) is 5.54 Å². The van der Waals surface area contributed by atoms with Crippen LogP contribution in [0.5, 0.6) is 0 Å². The van der Waals surface area contributed by atoms with Crippen molar-refractivity contribution in [3.05, 3.63) is 35.4 Å². The van der Waals surface area contributed by atoms with Crippen molar-refractivity contribution in [2.24, 2.45) is 17.6 Å². The summed E-state index contributed by atoms with van der Waals surface area (Å²) >= 11 is 0. The average molecular weight is 299 g/mol. The van der Waals surface area contributed by atoms with E-state index in [0.29, 0.717) is 11.8 Å². The second-order valence-electron chi connectivity index (χ2n) is 6.67. The molecule has 118 valence electrons. The van der Waals surface area contributed by atoms with Crippen molar-refractivity contribution in [1.29, 1.82) is 0 Å². The van der Waals surface area contributed by atoms with E-state index in [0.717, 1.165) is 49.8 Å². The fourth-order valence-corrected chi connectivity index (χ4v) is 3.34. The number of nitrogens with two attached hydrogens (primary N) is 1. The summed E-state index contributed by atoms with van der Waals surface area (Å²) in [4.78, 5) is 0. The summed E-state index contributed by atoms with van der Waals surface area (Å²) in [5, 5.41) is 0. The Labute approximate surface area is 124 Å². The van der Waals surface area contributed by atoms with Gasteiger partial charge in [-0.2, -0.15) is 13.2 Å². The van der Waals surface area contributed by atoms with Gasteiger partial charge in [-0.1, -0.05) is 38.8 Å². The molecule has 1 aromatic carbocycles. The summed E-state index contributed by atoms with van der Waals surface area (Å²) in [6.07, 6.45) is 0.669. The van der Waals surface area contributed by atoms with Crippen LogP contribution in [-0.4, -0.2) is 0 Å². The predicted molar refractivity (Wildman–Crippen MR) is 78.7 cm³/mol. The lowest BCUT2D eigenvalue weighted by Gasteiger charge is -2.29. The Hall–Kier alpha value is -1.03. The van der Waals surface area contributed by atoms with E-state index in [-0.39, 0.29) is 0 Å². The van der Waals surface area contributed by atoms with Crippen LogP contribution >= 0.6 is 0 Å². The molecule has 0 amide bonds. The van der Waals surface area contributed by atoms with Gasteiger partial charge in [-0.15, -0.1) is 0 Å². The van der Waals surface area contributed by atoms with Gasteiger partial charge in [-0.25, -0.2) is 0 Å². The van der Waals surface area contributed by atoms with Gasteiger partial charge in [0.05, 0.1) is 5.56 Å². The third-order valence-corrected chi connectivity index (χ3v) is 4.89. The van der Waals surface area contributed by atoms with E-state index in [4.69, 9.17) is 5.73 Å². The maximum absolute atomic E-state index is 12.6. The third kappa shape index (κ3) is 3.79. The molecule has 0 bridgehead atoms. The third-order valence-electron chi connectivity index (χ3n) is 4.89. The topological polar surface area (TPSA) is 26.0 Å². The largest absolute Gasteiger partial charge is 0.416 e. The summed E-state index contributed by atoms with van der Waals surface area (Å²) in [6.45, 7) is 4.46. The van der Waals surface area contributed by atoms with Crippen LogP contribution in [0.15, 0.2) is 24.3 Å². The molecule has 2 unspecified atom stereocenters. The van der Waals surface area contributed by atoms with Gasteiger partial charge in [0.25, 0.3) is 0 Å². The van der Waals surface area contributed by atoms with E-state index in [9.17, 15) is 13.2 Å². The van der Waals surface area contributed by atoms with Gasteiger partial charge < -0.3 is 5.73 Å². The normalized spacial score (nSPS) is 27.7. The standard InChI is InChI=1S/C17H24F3N/c1-12(2)13-4-3-10-16(21,11-9-13)14-5-7-15(8-6-14)17(18,19)20/h5-8,12-13H,3-4,9-11,21H2,1-2H3. The van der Waals surface area contributed by atoms with Crippen molar-refractivity contribution in [2.45, 2.75) is 57.7 Å². The number of rotatable bonds is 2. The molecule has 0 aliphatic heterocycles. The minimum absolute atomic E-state index is 0.478. The fraction of sp³-hybridized carbons (Fsp3) is 0.647. The van der Waals surface area contributed by atoms with E-state index in [1.54, 1.807) is 12.1 Å². The molecule has 21 heavy (non-hydrogen) atoms. The van der Waals surface area contributed by atoms with Crippen molar-refractivity contribution in [3.63, 3.8) is 0 Å². The van der Waals surface area contributed by atoms with E-state index < -0.39 is 17.3 Å². The molecule has 0 heterocycles. The van der Waals surface area contributed by atoms with Crippen molar-refractivity contribution < 1.29 is 13.2 Å². The molecule has 1 aliphatic carbocycles. The number of hydrogen-bond acceptors (Lipinski definition) is 1. The van der Waals surface area contributed by atoms with Gasteiger partial charge in [-0.3, -0.25) is 0 Å². The Morgan fingerprint density at radius 3 is 2.24 bits per heavy atom. The minimum Gasteiger partial charge on any atom is -0.321 e. The number of halogens is 3. The number of hydrogen-bond donors (Lipinski definition) is 1. The molecule has 2 rings (SSSR count). The Morgan fingerprint density at radius 2 is 1.71 bits per heavy atom. The van der Waals surface area contributed by atoms with E-state index in [1.165, 1.54) is 0 Å². The molecule has 2 atom stereocenters. The van der Waals surface area contributed by atoms with Crippen LogP contribution in [0.2, 0.25) is 0 Å². The highest BCUT2D eigenvalue weighted by molar-refractivity contribution is 5.30. The summed E-state index contributed by atoms with van der Waals surface area (Å²) in [7, 11) is 0. The van der Waals surface area contributed by atoms with E-state index in [2.05, 4.69) is 13.8 Å². The van der Waals surface area contributed by atoms with Crippen molar-refractivity contribution in [3.8, 4) is 0 Å². The molecule has 1 nitrogen and oxygen atoms in total. The lowest BCUT2D eigenvalue weighted by Crippen LogP contribution is -2.36. The van der Waals surface area contributed by atoms with Crippen LogP contribution in [0.1, 0.15) is 57.1 Å². The smallest absolute Gasteiger partial charge is 0.321 e. The van der Waals surface area contributed by atoms with Gasteiger partial charge >= 0.3 is 6.18 Å². The molecule has 0 aromatic heterocycles. The van der Waals surface area contributed by atoms with Crippen molar-refractivity contribution >= 4 is 0 Å². The van der Waals surface area contributed by atoms with Crippen LogP contribution in [0.25, 0.3) is 0 Å². The maximum atomic E-state index is 12.6. The molecule has 1 aliphatic rings. The highest BCUT2D eigenvalue weighted by Gasteiger charge is 2.34. The second kappa shape index (κ2) is 5.99. The zero-order valence-electron chi connectivity index (χ0n) is 12.7. The summed E-state index contributed by atoms with van der Waals surface area (Å²) in [6, 6.07) is 5.40. The van der Waals surface area contributed by atoms with Crippen LogP contribution in [-0.2, 0) is 11.7 Å². The molecule has 0 spiro atoms. The summed E-state index contributed by atoms with van der Waals surface area (Å²) in [5.74, 6) is 1.31. The number of alkyl halides is 3. The Kier molecular flexibility index (Phi) is 4.66. The van der Waals surface area contributed by atoms with Crippen LogP contribution in [0.3, 0.4) is 0 Å². The first-order valence-electron chi connectivity index (χ1n) is 7.69. The molecule has 0 saturated heterocycles. The molecule has 1 saturated carbocycles. The fourth-order valence-electron chi connectivity index (χ4n) is 3.34. The average Bonchev–Trinajstić information content (AvgIpc) is 2.61. The maximum Gasteiger partial charge on any atom is 0.416 e. The second-order valence-corrected chi connectivity index (χ2v) is 6.67. The van der Waals surface area contributed by atoms with Crippen LogP contribution in [0, 0.1) is 11.8 Å². The molecule has 4 heteroatoms. The lowest BCUT2D eigenvalue weighted by molar-refractivity contribution is -0.137. The first-order chi connectivity index (χ1) is 9.72. The zero-order valence-corrected chi connectivity index (χ0v) is 12.7. The summed E-state index contributed by atoms with van der Waals surface area (Å²) < 4.78 is 37.9. The first-order valence-corrected chi connectivity index (χ1v) is 7.69. The van der Waals surface area contributed by atoms with Crippen LogP contribution < -0.4 is 5.73 Å². The van der Waals surface area contributed by atoms with E-state index in [1.807, 2.05) is 0 Å². The Bertz CT molecular complexity index is 464. The highest BCUT2D eigenvalue weighted by atomic mass is 19.4. The van der Waals surface area contributed by atoms with Crippen LogP contribution in [0.4, 0.5) is 13.2 Å². The molecule has 0 radical (unpaired) electrons. The lowest BCUT2D eigenvalue weighted by atomic mass is 9.82. The van der Waals surface area contributed by atoms with Gasteiger partial charge in [-0.05, 0) is 48.8 Å². The molecular formula is C17H24F3N. The Morgan fingerprint density at radius 1 is 1.10 bits per heavy atom. The first kappa shape index (κ1) is 16.3. The van der Waals surface area contributed by atoms with Gasteiger partial charge in [0.15, 0.2) is 0 Å². The van der Waals surface area contributed by atoms with Crippen molar-refractivity contribution in [2.75, 3.05) is 0 Å². The predicted octanol–water partition coefficient (Wildman–Crippen LogP) is 5.10. The van der Waals surface area contributed by atoms with Gasteiger partial charge in [0.1, 0.15) is 0 Å².